The fourth-order valence-corrected chi connectivity index (χ4v) is 2.05. The van der Waals surface area contributed by atoms with Crippen LogP contribution in [0.15, 0.2) is 43.1 Å². The van der Waals surface area contributed by atoms with E-state index in [1.807, 2.05) is 0 Å². The molecule has 2 rings (SSSR count). The summed E-state index contributed by atoms with van der Waals surface area (Å²) in [6.07, 6.45) is 6.83. The van der Waals surface area contributed by atoms with E-state index >= 15 is 0 Å². The van der Waals surface area contributed by atoms with E-state index < -0.39 is 0 Å². The van der Waals surface area contributed by atoms with Crippen molar-refractivity contribution in [2.75, 3.05) is 5.32 Å². The average molecular weight is 199 g/mol. The van der Waals surface area contributed by atoms with Crippen LogP contribution in [0.2, 0.25) is 0 Å². The van der Waals surface area contributed by atoms with Gasteiger partial charge >= 0.3 is 0 Å². The van der Waals surface area contributed by atoms with Gasteiger partial charge in [-0.15, -0.1) is 0 Å². The Labute approximate surface area is 91.5 Å². The summed E-state index contributed by atoms with van der Waals surface area (Å²) >= 11 is 0. The summed E-state index contributed by atoms with van der Waals surface area (Å²) in [4.78, 5) is 0. The maximum absolute atomic E-state index is 3.85. The zero-order valence-corrected chi connectivity index (χ0v) is 9.05. The van der Waals surface area contributed by atoms with Gasteiger partial charge in [0.15, 0.2) is 0 Å². The third-order valence-corrected chi connectivity index (χ3v) is 2.90. The Morgan fingerprint density at radius 1 is 1.20 bits per heavy atom. The molecule has 78 valence electrons. The molecule has 0 saturated carbocycles. The van der Waals surface area contributed by atoms with Gasteiger partial charge in [0.25, 0.3) is 0 Å². The van der Waals surface area contributed by atoms with Crippen molar-refractivity contribution in [3.8, 4) is 0 Å². The summed E-state index contributed by atoms with van der Waals surface area (Å²) in [6, 6.07) is 6.59. The zero-order chi connectivity index (χ0) is 10.7. The molecule has 0 fully saturated rings. The van der Waals surface area contributed by atoms with E-state index in [-0.39, 0.29) is 0 Å². The molecule has 0 heterocycles. The summed E-state index contributed by atoms with van der Waals surface area (Å²) < 4.78 is 0. The lowest BCUT2D eigenvalue weighted by atomic mass is 9.91. The largest absolute Gasteiger partial charge is 0.356 e. The third kappa shape index (κ3) is 2.30. The van der Waals surface area contributed by atoms with Crippen LogP contribution in [0.3, 0.4) is 0 Å². The minimum Gasteiger partial charge on any atom is -0.356 e. The fourth-order valence-electron chi connectivity index (χ4n) is 2.05. The Morgan fingerprint density at radius 3 is 2.67 bits per heavy atom. The van der Waals surface area contributed by atoms with Crippen LogP contribution in [-0.2, 0) is 12.8 Å². The molecule has 1 aliphatic carbocycles. The molecule has 0 saturated heterocycles. The molecule has 0 atom stereocenters. The van der Waals surface area contributed by atoms with Gasteiger partial charge < -0.3 is 5.32 Å². The Hall–Kier alpha value is -1.50. The predicted octanol–water partition coefficient (Wildman–Crippen LogP) is 3.68. The number of hydrogen-bond acceptors (Lipinski definition) is 1. The molecule has 1 heteroatoms. The maximum atomic E-state index is 3.85. The lowest BCUT2D eigenvalue weighted by molar-refractivity contribution is 0.686. The van der Waals surface area contributed by atoms with E-state index in [0.717, 1.165) is 11.4 Å². The summed E-state index contributed by atoms with van der Waals surface area (Å²) in [5, 5.41) is 3.23. The number of benzene rings is 1. The van der Waals surface area contributed by atoms with Crippen LogP contribution < -0.4 is 5.32 Å². The number of fused-ring (bicyclic) bond motifs is 1. The zero-order valence-electron chi connectivity index (χ0n) is 9.05. The first-order chi connectivity index (χ1) is 7.29. The molecule has 0 radical (unpaired) electrons. The summed E-state index contributed by atoms with van der Waals surface area (Å²) in [6.45, 7) is 7.53. The maximum Gasteiger partial charge on any atom is 0.0387 e. The second-order valence-electron chi connectivity index (χ2n) is 4.04. The highest BCUT2D eigenvalue weighted by molar-refractivity contribution is 5.53. The van der Waals surface area contributed by atoms with Crippen molar-refractivity contribution in [2.24, 2.45) is 0 Å². The Morgan fingerprint density at radius 2 is 1.93 bits per heavy atom. The number of rotatable bonds is 3. The number of hydrogen-bond donors (Lipinski definition) is 1. The molecule has 1 nitrogen and oxygen atoms in total. The summed E-state index contributed by atoms with van der Waals surface area (Å²) in [5.74, 6) is 0. The van der Waals surface area contributed by atoms with Crippen molar-refractivity contribution in [2.45, 2.75) is 25.7 Å². The molecule has 1 aromatic rings. The van der Waals surface area contributed by atoms with E-state index in [4.69, 9.17) is 0 Å². The van der Waals surface area contributed by atoms with Crippen molar-refractivity contribution in [3.63, 3.8) is 0 Å². The van der Waals surface area contributed by atoms with Gasteiger partial charge in [-0.05, 0) is 55.0 Å². The first-order valence-electron chi connectivity index (χ1n) is 5.50. The van der Waals surface area contributed by atoms with Crippen molar-refractivity contribution >= 4 is 5.69 Å². The minimum absolute atomic E-state index is 0.853. The van der Waals surface area contributed by atoms with Gasteiger partial charge in [0.1, 0.15) is 0 Å². The molecule has 0 amide bonds. The number of allylic oxidation sites excluding steroid dienone is 1. The second-order valence-corrected chi connectivity index (χ2v) is 4.04. The van der Waals surface area contributed by atoms with Crippen LogP contribution in [0.5, 0.6) is 0 Å². The predicted molar refractivity (Wildman–Crippen MR) is 66.0 cm³/mol. The Balaban J connectivity index is 2.20. The van der Waals surface area contributed by atoms with E-state index in [2.05, 4.69) is 36.7 Å². The molecule has 0 aromatic heterocycles. The Bertz CT molecular complexity index is 390. The van der Waals surface area contributed by atoms with Crippen LogP contribution >= 0.6 is 0 Å². The Kier molecular flexibility index (Phi) is 2.91. The van der Waals surface area contributed by atoms with Crippen LogP contribution in [-0.4, -0.2) is 0 Å². The number of anilines is 1. The molecule has 1 aliphatic rings. The molecule has 15 heavy (non-hydrogen) atoms. The number of aryl methyl sites for hydroxylation is 2. The lowest BCUT2D eigenvalue weighted by Crippen LogP contribution is -2.04. The minimum atomic E-state index is 0.853. The summed E-state index contributed by atoms with van der Waals surface area (Å²) in [7, 11) is 0. The first-order valence-corrected chi connectivity index (χ1v) is 5.50. The van der Waals surface area contributed by atoms with Crippen LogP contribution in [0.1, 0.15) is 24.0 Å². The smallest absolute Gasteiger partial charge is 0.0387 e. The van der Waals surface area contributed by atoms with Crippen molar-refractivity contribution in [1.29, 1.82) is 0 Å². The van der Waals surface area contributed by atoms with Gasteiger partial charge in [-0.25, -0.2) is 0 Å². The van der Waals surface area contributed by atoms with Gasteiger partial charge in [-0.2, -0.15) is 0 Å². The van der Waals surface area contributed by atoms with E-state index in [1.165, 1.54) is 36.8 Å². The molecule has 0 bridgehead atoms. The van der Waals surface area contributed by atoms with Gasteiger partial charge in [-0.1, -0.05) is 19.2 Å². The summed E-state index contributed by atoms with van der Waals surface area (Å²) in [5.41, 5.74) is 4.98. The van der Waals surface area contributed by atoms with E-state index in [0.29, 0.717) is 0 Å². The van der Waals surface area contributed by atoms with Crippen molar-refractivity contribution in [1.82, 2.24) is 0 Å². The highest BCUT2D eigenvalue weighted by atomic mass is 14.9. The van der Waals surface area contributed by atoms with Gasteiger partial charge in [0, 0.05) is 11.4 Å². The van der Waals surface area contributed by atoms with Crippen molar-refractivity contribution < 1.29 is 0 Å². The molecule has 1 aromatic carbocycles. The molecule has 0 aliphatic heterocycles. The molecule has 0 spiro atoms. The van der Waals surface area contributed by atoms with Crippen LogP contribution in [0.25, 0.3) is 0 Å². The first kappa shape index (κ1) is 10.0. The SMILES string of the molecule is C=CC(=C)Nc1ccc2c(c1)CCCC2. The second kappa shape index (κ2) is 4.35. The third-order valence-electron chi connectivity index (χ3n) is 2.90. The standard InChI is InChI=1S/C14H17N/c1-3-11(2)15-14-9-8-12-6-4-5-7-13(12)10-14/h3,8-10,15H,1-2,4-7H2. The number of nitrogens with one attached hydrogen (secondary N) is 1. The topological polar surface area (TPSA) is 12.0 Å². The van der Waals surface area contributed by atoms with E-state index in [9.17, 15) is 0 Å². The van der Waals surface area contributed by atoms with Gasteiger partial charge in [0.2, 0.25) is 0 Å². The van der Waals surface area contributed by atoms with Crippen LogP contribution in [0, 0.1) is 0 Å². The van der Waals surface area contributed by atoms with Crippen molar-refractivity contribution in [3.05, 3.63) is 54.3 Å². The monoisotopic (exact) mass is 199 g/mol. The molecular weight excluding hydrogens is 182 g/mol. The van der Waals surface area contributed by atoms with Gasteiger partial charge in [0.05, 0.1) is 0 Å². The van der Waals surface area contributed by atoms with Crippen LogP contribution in [0.4, 0.5) is 5.69 Å². The molecular formula is C14H17N. The average Bonchev–Trinajstić information content (AvgIpc) is 2.29. The quantitative estimate of drug-likeness (QED) is 0.732. The van der Waals surface area contributed by atoms with E-state index in [1.54, 1.807) is 6.08 Å². The molecule has 1 N–H and O–H groups in total. The highest BCUT2D eigenvalue weighted by Crippen LogP contribution is 2.24. The molecule has 0 unspecified atom stereocenters. The lowest BCUT2D eigenvalue weighted by Gasteiger charge is -2.17. The highest BCUT2D eigenvalue weighted by Gasteiger charge is 2.09. The fraction of sp³-hybridized carbons (Fsp3) is 0.286. The van der Waals surface area contributed by atoms with Gasteiger partial charge in [-0.3, -0.25) is 0 Å². The normalized spacial score (nSPS) is 14.1.